The molecule has 3 N–H and O–H groups in total. The van der Waals surface area contributed by atoms with E-state index in [4.69, 9.17) is 0 Å². The number of nitrogens with one attached hydrogen (secondary N) is 1. The molecular formula is C17H21FN4O3. The standard InChI is InChI=1S/C17H21FN4O3/c1-10(22(2)3)8-13-20-14(15(23)17(25)21-13)16(24)19-9-11-4-6-12(18)7-5-11/h4-7,10,23H,8-9H2,1-3H3,(H,19,24)(H,20,21,25). The van der Waals surface area contributed by atoms with E-state index in [-0.39, 0.29) is 29.9 Å². The lowest BCUT2D eigenvalue weighted by atomic mass is 10.2. The summed E-state index contributed by atoms with van der Waals surface area (Å²) in [4.78, 5) is 22.1. The molecule has 2 rings (SSSR count). The fraction of sp³-hybridized carbons (Fsp3) is 0.353. The molecule has 1 atom stereocenters. The Hall–Kier alpha value is -2.74. The molecule has 2 aromatic rings. The fourth-order valence-electron chi connectivity index (χ4n) is 2.05. The van der Waals surface area contributed by atoms with Crippen molar-refractivity contribution in [2.75, 3.05) is 14.1 Å². The molecule has 0 spiro atoms. The van der Waals surface area contributed by atoms with Crippen molar-refractivity contribution in [1.29, 1.82) is 0 Å². The van der Waals surface area contributed by atoms with Crippen molar-refractivity contribution in [3.63, 3.8) is 0 Å². The van der Waals surface area contributed by atoms with E-state index in [0.717, 1.165) is 0 Å². The zero-order valence-corrected chi connectivity index (χ0v) is 14.3. The van der Waals surface area contributed by atoms with E-state index in [1.165, 1.54) is 24.3 Å². The molecule has 1 unspecified atom stereocenters. The first-order valence-corrected chi connectivity index (χ1v) is 7.75. The van der Waals surface area contributed by atoms with Crippen molar-refractivity contribution >= 4 is 5.91 Å². The Bertz CT molecular complexity index is 750. The van der Waals surface area contributed by atoms with Crippen LogP contribution in [0.1, 0.15) is 28.8 Å². The van der Waals surface area contributed by atoms with E-state index in [1.54, 1.807) is 0 Å². The molecule has 0 fully saturated rings. The number of aromatic nitrogens is 2. The van der Waals surface area contributed by atoms with E-state index in [9.17, 15) is 19.4 Å². The Morgan fingerprint density at radius 2 is 1.88 bits per heavy atom. The van der Waals surface area contributed by atoms with Gasteiger partial charge in [-0.2, -0.15) is 4.98 Å². The van der Waals surface area contributed by atoms with Crippen LogP contribution in [0.3, 0.4) is 0 Å². The third-order valence-corrected chi connectivity index (χ3v) is 3.85. The molecule has 8 heteroatoms. The van der Waals surface area contributed by atoms with Crippen LogP contribution in [-0.2, 0) is 13.0 Å². The first-order chi connectivity index (χ1) is 11.8. The van der Waals surface area contributed by atoms with Crippen LogP contribution in [0.15, 0.2) is 24.3 Å². The number of likely N-dealkylation sites (N-methyl/N-ethyl adjacent to an activating group) is 1. The van der Waals surface area contributed by atoms with Gasteiger partial charge in [0.15, 0.2) is 5.69 Å². The molecule has 1 heterocycles. The lowest BCUT2D eigenvalue weighted by Crippen LogP contribution is -2.28. The van der Waals surface area contributed by atoms with Gasteiger partial charge in [-0.15, -0.1) is 0 Å². The van der Waals surface area contributed by atoms with Crippen LogP contribution in [0.4, 0.5) is 4.39 Å². The van der Waals surface area contributed by atoms with E-state index >= 15 is 0 Å². The minimum absolute atomic E-state index is 0.0825. The van der Waals surface area contributed by atoms with Crippen LogP contribution in [-0.4, -0.2) is 51.1 Å². The molecule has 0 aliphatic heterocycles. The van der Waals surface area contributed by atoms with E-state index in [1.807, 2.05) is 25.9 Å². The second kappa shape index (κ2) is 7.89. The van der Waals surface area contributed by atoms with Crippen LogP contribution >= 0.6 is 0 Å². The Morgan fingerprint density at radius 3 is 2.48 bits per heavy atom. The number of aromatic hydroxyl groups is 2. The van der Waals surface area contributed by atoms with E-state index < -0.39 is 17.5 Å². The summed E-state index contributed by atoms with van der Waals surface area (Å²) in [7, 11) is 3.78. The number of amides is 1. The number of hydrogen-bond acceptors (Lipinski definition) is 6. The maximum atomic E-state index is 12.9. The highest BCUT2D eigenvalue weighted by Gasteiger charge is 2.20. The Labute approximate surface area is 145 Å². The molecule has 0 saturated carbocycles. The van der Waals surface area contributed by atoms with Gasteiger partial charge in [-0.05, 0) is 38.7 Å². The average molecular weight is 348 g/mol. The quantitative estimate of drug-likeness (QED) is 0.731. The Kier molecular flexibility index (Phi) is 5.87. The van der Waals surface area contributed by atoms with Gasteiger partial charge in [-0.1, -0.05) is 12.1 Å². The van der Waals surface area contributed by atoms with Gasteiger partial charge < -0.3 is 20.4 Å². The monoisotopic (exact) mass is 348 g/mol. The van der Waals surface area contributed by atoms with Crippen LogP contribution in [0, 0.1) is 5.82 Å². The van der Waals surface area contributed by atoms with E-state index in [2.05, 4.69) is 15.3 Å². The molecular weight excluding hydrogens is 327 g/mol. The van der Waals surface area contributed by atoms with Crippen LogP contribution in [0.25, 0.3) is 0 Å². The van der Waals surface area contributed by atoms with Gasteiger partial charge in [-0.25, -0.2) is 9.37 Å². The molecule has 0 saturated heterocycles. The molecule has 0 bridgehead atoms. The van der Waals surface area contributed by atoms with Gasteiger partial charge in [0.05, 0.1) is 0 Å². The van der Waals surface area contributed by atoms with Gasteiger partial charge in [0.25, 0.3) is 11.8 Å². The third-order valence-electron chi connectivity index (χ3n) is 3.85. The molecule has 0 radical (unpaired) electrons. The van der Waals surface area contributed by atoms with Crippen molar-refractivity contribution in [1.82, 2.24) is 20.2 Å². The van der Waals surface area contributed by atoms with Crippen LogP contribution < -0.4 is 5.32 Å². The Balaban J connectivity index is 2.14. The highest BCUT2D eigenvalue weighted by Crippen LogP contribution is 2.25. The maximum Gasteiger partial charge on any atom is 0.274 e. The summed E-state index contributed by atoms with van der Waals surface area (Å²) < 4.78 is 12.9. The predicted octanol–water partition coefficient (Wildman–Crippen LogP) is 1.45. The highest BCUT2D eigenvalue weighted by atomic mass is 19.1. The smallest absolute Gasteiger partial charge is 0.274 e. The molecule has 1 aromatic heterocycles. The predicted molar refractivity (Wildman–Crippen MR) is 89.8 cm³/mol. The molecule has 0 aliphatic rings. The van der Waals surface area contributed by atoms with Crippen molar-refractivity contribution in [3.05, 3.63) is 47.2 Å². The summed E-state index contributed by atoms with van der Waals surface area (Å²) in [5, 5.41) is 22.2. The van der Waals surface area contributed by atoms with Gasteiger partial charge in [0.1, 0.15) is 11.6 Å². The van der Waals surface area contributed by atoms with Crippen molar-refractivity contribution in [2.24, 2.45) is 0 Å². The van der Waals surface area contributed by atoms with Gasteiger partial charge in [0, 0.05) is 19.0 Å². The SMILES string of the molecule is CC(Cc1nc(O)c(O)c(C(=O)NCc2ccc(F)cc2)n1)N(C)C. The Morgan fingerprint density at radius 1 is 1.24 bits per heavy atom. The van der Waals surface area contributed by atoms with Crippen molar-refractivity contribution in [2.45, 2.75) is 25.9 Å². The molecule has 25 heavy (non-hydrogen) atoms. The minimum Gasteiger partial charge on any atom is -0.501 e. The summed E-state index contributed by atoms with van der Waals surface area (Å²) in [5.74, 6) is -2.07. The number of hydrogen-bond donors (Lipinski definition) is 3. The third kappa shape index (κ3) is 4.87. The lowest BCUT2D eigenvalue weighted by Gasteiger charge is -2.19. The average Bonchev–Trinajstić information content (AvgIpc) is 2.57. The number of carbonyl (C=O) groups excluding carboxylic acids is 1. The maximum absolute atomic E-state index is 12.9. The van der Waals surface area contributed by atoms with Crippen LogP contribution in [0.2, 0.25) is 0 Å². The first-order valence-electron chi connectivity index (χ1n) is 7.75. The van der Waals surface area contributed by atoms with Crippen molar-refractivity contribution < 1.29 is 19.4 Å². The number of benzene rings is 1. The fourth-order valence-corrected chi connectivity index (χ4v) is 2.05. The lowest BCUT2D eigenvalue weighted by molar-refractivity contribution is 0.0941. The van der Waals surface area contributed by atoms with Gasteiger partial charge in [0.2, 0.25) is 5.75 Å². The van der Waals surface area contributed by atoms with Crippen molar-refractivity contribution in [3.8, 4) is 11.6 Å². The number of rotatable bonds is 6. The molecule has 1 amide bonds. The summed E-state index contributed by atoms with van der Waals surface area (Å²) in [6, 6.07) is 5.74. The van der Waals surface area contributed by atoms with E-state index in [0.29, 0.717) is 12.0 Å². The summed E-state index contributed by atoms with van der Waals surface area (Å²) >= 11 is 0. The largest absolute Gasteiger partial charge is 0.501 e. The minimum atomic E-state index is -0.669. The number of carbonyl (C=O) groups is 1. The second-order valence-electron chi connectivity index (χ2n) is 5.99. The molecule has 134 valence electrons. The first kappa shape index (κ1) is 18.6. The highest BCUT2D eigenvalue weighted by molar-refractivity contribution is 5.95. The zero-order valence-electron chi connectivity index (χ0n) is 14.3. The summed E-state index contributed by atoms with van der Waals surface area (Å²) in [6.45, 7) is 2.08. The topological polar surface area (TPSA) is 98.6 Å². The summed E-state index contributed by atoms with van der Waals surface area (Å²) in [5.41, 5.74) is 0.393. The van der Waals surface area contributed by atoms with Gasteiger partial charge in [-0.3, -0.25) is 4.79 Å². The zero-order chi connectivity index (χ0) is 18.6. The molecule has 1 aromatic carbocycles. The number of halogens is 1. The van der Waals surface area contributed by atoms with Gasteiger partial charge >= 0.3 is 0 Å². The summed E-state index contributed by atoms with van der Waals surface area (Å²) in [6.07, 6.45) is 0.402. The number of nitrogens with zero attached hydrogens (tertiary/aromatic N) is 3. The second-order valence-corrected chi connectivity index (χ2v) is 5.99. The molecule has 0 aliphatic carbocycles. The normalized spacial score (nSPS) is 12.2. The van der Waals surface area contributed by atoms with Crippen LogP contribution in [0.5, 0.6) is 11.6 Å². The molecule has 7 nitrogen and oxygen atoms in total.